The van der Waals surface area contributed by atoms with Crippen molar-refractivity contribution in [3.63, 3.8) is 0 Å². The van der Waals surface area contributed by atoms with E-state index in [9.17, 15) is 0 Å². The van der Waals surface area contributed by atoms with Gasteiger partial charge in [-0.1, -0.05) is 18.2 Å². The van der Waals surface area contributed by atoms with Gasteiger partial charge in [0.2, 0.25) is 0 Å². The molecule has 1 atom stereocenters. The van der Waals surface area contributed by atoms with Gasteiger partial charge in [0, 0.05) is 55.9 Å². The Labute approximate surface area is 114 Å². The van der Waals surface area contributed by atoms with Crippen molar-refractivity contribution in [2.45, 2.75) is 12.5 Å². The van der Waals surface area contributed by atoms with Crippen LogP contribution in [0.1, 0.15) is 5.56 Å². The molecule has 1 aromatic heterocycles. The molecule has 19 heavy (non-hydrogen) atoms. The average Bonchev–Trinajstić information content (AvgIpc) is 2.89. The zero-order chi connectivity index (χ0) is 13.1. The highest BCUT2D eigenvalue weighted by molar-refractivity contribution is 5.83. The van der Waals surface area contributed by atoms with Crippen LogP contribution >= 0.6 is 0 Å². The molecule has 1 aliphatic rings. The summed E-state index contributed by atoms with van der Waals surface area (Å²) >= 11 is 0. The Morgan fingerprint density at radius 3 is 3.11 bits per heavy atom. The van der Waals surface area contributed by atoms with Crippen LogP contribution in [-0.2, 0) is 6.42 Å². The lowest BCUT2D eigenvalue weighted by molar-refractivity contribution is 0.204. The van der Waals surface area contributed by atoms with E-state index in [1.165, 1.54) is 16.5 Å². The van der Waals surface area contributed by atoms with Crippen molar-refractivity contribution in [1.29, 1.82) is 0 Å². The van der Waals surface area contributed by atoms with Gasteiger partial charge in [0.1, 0.15) is 0 Å². The number of hydrogen-bond donors (Lipinski definition) is 3. The highest BCUT2D eigenvalue weighted by Crippen LogP contribution is 2.18. The summed E-state index contributed by atoms with van der Waals surface area (Å²) in [5, 5.41) is 4.80. The fourth-order valence-corrected chi connectivity index (χ4v) is 2.87. The average molecular weight is 258 g/mol. The van der Waals surface area contributed by atoms with Crippen LogP contribution in [0.2, 0.25) is 0 Å². The van der Waals surface area contributed by atoms with E-state index >= 15 is 0 Å². The number of para-hydroxylation sites is 1. The summed E-state index contributed by atoms with van der Waals surface area (Å²) in [6.45, 7) is 5.08. The van der Waals surface area contributed by atoms with Gasteiger partial charge < -0.3 is 20.9 Å². The van der Waals surface area contributed by atoms with Crippen LogP contribution in [0.3, 0.4) is 0 Å². The minimum atomic E-state index is 0.455. The van der Waals surface area contributed by atoms with Gasteiger partial charge in [0.25, 0.3) is 0 Å². The summed E-state index contributed by atoms with van der Waals surface area (Å²) in [6, 6.07) is 8.96. The van der Waals surface area contributed by atoms with Crippen LogP contribution in [0.15, 0.2) is 30.5 Å². The molecule has 1 unspecified atom stereocenters. The lowest BCUT2D eigenvalue weighted by Gasteiger charge is -2.33. The van der Waals surface area contributed by atoms with E-state index in [0.717, 1.165) is 39.1 Å². The van der Waals surface area contributed by atoms with Gasteiger partial charge in [-0.25, -0.2) is 0 Å². The van der Waals surface area contributed by atoms with E-state index in [0.29, 0.717) is 6.04 Å². The second-order valence-electron chi connectivity index (χ2n) is 5.30. The molecule has 0 bridgehead atoms. The highest BCUT2D eigenvalue weighted by Gasteiger charge is 2.17. The fourth-order valence-electron chi connectivity index (χ4n) is 2.87. The standard InChI is InChI=1S/C15H22N4/c16-9-13-11-19(8-6-17-13)7-5-12-10-18-15-4-2-1-3-14(12)15/h1-4,10,13,17-18H,5-9,11,16H2. The molecule has 4 N–H and O–H groups in total. The molecule has 1 fully saturated rings. The molecule has 4 heteroatoms. The second kappa shape index (κ2) is 5.74. The Hall–Kier alpha value is -1.36. The molecular weight excluding hydrogens is 236 g/mol. The van der Waals surface area contributed by atoms with Crippen molar-refractivity contribution >= 4 is 10.9 Å². The van der Waals surface area contributed by atoms with Gasteiger partial charge in [-0.2, -0.15) is 0 Å². The van der Waals surface area contributed by atoms with Crippen molar-refractivity contribution in [2.75, 3.05) is 32.7 Å². The third kappa shape index (κ3) is 2.81. The SMILES string of the molecule is NCC1CN(CCc2c[nH]c3ccccc23)CCN1. The lowest BCUT2D eigenvalue weighted by Crippen LogP contribution is -2.53. The number of aromatic amines is 1. The summed E-state index contributed by atoms with van der Waals surface area (Å²) in [4.78, 5) is 5.85. The van der Waals surface area contributed by atoms with Crippen LogP contribution < -0.4 is 11.1 Å². The van der Waals surface area contributed by atoms with Gasteiger partial charge in [0.15, 0.2) is 0 Å². The molecule has 2 aromatic rings. The van der Waals surface area contributed by atoms with Crippen LogP contribution in [-0.4, -0.2) is 48.6 Å². The van der Waals surface area contributed by atoms with Crippen molar-refractivity contribution < 1.29 is 0 Å². The minimum Gasteiger partial charge on any atom is -0.361 e. The van der Waals surface area contributed by atoms with Crippen LogP contribution in [0, 0.1) is 0 Å². The molecule has 1 saturated heterocycles. The largest absolute Gasteiger partial charge is 0.361 e. The van der Waals surface area contributed by atoms with Crippen LogP contribution in [0.25, 0.3) is 10.9 Å². The molecule has 0 aliphatic carbocycles. The van der Waals surface area contributed by atoms with Gasteiger partial charge >= 0.3 is 0 Å². The number of fused-ring (bicyclic) bond motifs is 1. The quantitative estimate of drug-likeness (QED) is 0.765. The molecule has 3 rings (SSSR count). The number of nitrogens with one attached hydrogen (secondary N) is 2. The number of H-pyrrole nitrogens is 1. The van der Waals surface area contributed by atoms with E-state index < -0.39 is 0 Å². The Kier molecular flexibility index (Phi) is 3.82. The smallest absolute Gasteiger partial charge is 0.0456 e. The topological polar surface area (TPSA) is 57.1 Å². The van der Waals surface area contributed by atoms with Crippen LogP contribution in [0.5, 0.6) is 0 Å². The zero-order valence-corrected chi connectivity index (χ0v) is 11.2. The van der Waals surface area contributed by atoms with E-state index in [2.05, 4.69) is 45.7 Å². The third-order valence-corrected chi connectivity index (χ3v) is 4.00. The molecule has 4 nitrogen and oxygen atoms in total. The molecule has 1 aliphatic heterocycles. The van der Waals surface area contributed by atoms with E-state index in [1.54, 1.807) is 0 Å². The number of nitrogens with zero attached hydrogens (tertiary/aromatic N) is 1. The Morgan fingerprint density at radius 2 is 2.21 bits per heavy atom. The molecule has 0 radical (unpaired) electrons. The Bertz CT molecular complexity index is 534. The molecule has 1 aromatic carbocycles. The number of rotatable bonds is 4. The molecule has 0 amide bonds. The van der Waals surface area contributed by atoms with Crippen molar-refractivity contribution in [3.05, 3.63) is 36.0 Å². The first-order valence-electron chi connectivity index (χ1n) is 7.07. The maximum absolute atomic E-state index is 5.74. The maximum Gasteiger partial charge on any atom is 0.0456 e. The number of piperazine rings is 1. The van der Waals surface area contributed by atoms with Gasteiger partial charge in [-0.15, -0.1) is 0 Å². The molecule has 0 saturated carbocycles. The summed E-state index contributed by atoms with van der Waals surface area (Å²) in [7, 11) is 0. The van der Waals surface area contributed by atoms with Crippen molar-refractivity contribution in [2.24, 2.45) is 5.73 Å². The summed E-state index contributed by atoms with van der Waals surface area (Å²) in [5.41, 5.74) is 8.39. The van der Waals surface area contributed by atoms with E-state index in [4.69, 9.17) is 5.73 Å². The number of hydrogen-bond acceptors (Lipinski definition) is 3. The summed E-state index contributed by atoms with van der Waals surface area (Å²) in [6.07, 6.45) is 3.24. The van der Waals surface area contributed by atoms with Crippen molar-refractivity contribution in [3.8, 4) is 0 Å². The molecule has 102 valence electrons. The number of benzene rings is 1. The van der Waals surface area contributed by atoms with E-state index in [-0.39, 0.29) is 0 Å². The number of nitrogens with two attached hydrogens (primary N) is 1. The van der Waals surface area contributed by atoms with Crippen molar-refractivity contribution in [1.82, 2.24) is 15.2 Å². The normalized spacial score (nSPS) is 21.0. The maximum atomic E-state index is 5.74. The van der Waals surface area contributed by atoms with Gasteiger partial charge in [0.05, 0.1) is 0 Å². The predicted molar refractivity (Wildman–Crippen MR) is 79.3 cm³/mol. The fraction of sp³-hybridized carbons (Fsp3) is 0.467. The van der Waals surface area contributed by atoms with Crippen LogP contribution in [0.4, 0.5) is 0 Å². The Morgan fingerprint density at radius 1 is 1.32 bits per heavy atom. The first kappa shape index (κ1) is 12.7. The van der Waals surface area contributed by atoms with E-state index in [1.807, 2.05) is 0 Å². The number of aromatic nitrogens is 1. The molecule has 0 spiro atoms. The highest BCUT2D eigenvalue weighted by atomic mass is 15.2. The third-order valence-electron chi connectivity index (χ3n) is 4.00. The first-order chi connectivity index (χ1) is 9.36. The molecular formula is C15H22N4. The predicted octanol–water partition coefficient (Wildman–Crippen LogP) is 0.943. The first-order valence-corrected chi connectivity index (χ1v) is 7.07. The summed E-state index contributed by atoms with van der Waals surface area (Å²) in [5.74, 6) is 0. The van der Waals surface area contributed by atoms with Gasteiger partial charge in [-0.3, -0.25) is 0 Å². The zero-order valence-electron chi connectivity index (χ0n) is 11.2. The second-order valence-corrected chi connectivity index (χ2v) is 5.30. The van der Waals surface area contributed by atoms with Gasteiger partial charge in [-0.05, 0) is 18.1 Å². The summed E-state index contributed by atoms with van der Waals surface area (Å²) < 4.78 is 0. The Balaban J connectivity index is 1.63. The lowest BCUT2D eigenvalue weighted by atomic mass is 10.1. The molecule has 2 heterocycles. The monoisotopic (exact) mass is 258 g/mol. The minimum absolute atomic E-state index is 0.455.